The molecule has 40 heavy (non-hydrogen) atoms. The molecule has 0 aromatic carbocycles. The van der Waals surface area contributed by atoms with Crippen molar-refractivity contribution in [2.45, 2.75) is 71.3 Å². The molecule has 0 saturated heterocycles. The molecule has 0 saturated carbocycles. The standard InChI is InChI=1S/C32H44N4O4/c1-4-5-6-7-8-9-10-11-12-13-14-15-16-17-18-19-20-21-22-23-30(37)35-26-29(32(39)40-3)36-31(38)28-25-33-27(2)24-34-28/h5-6,8-9,11-12,14-15,17-18,20-21,24-25,29H,4,7,10,13,16,19,22-23,26H2,1-3H3,(H,35,37)(H,36,38). The van der Waals surface area contributed by atoms with Gasteiger partial charge < -0.3 is 15.4 Å². The van der Waals surface area contributed by atoms with Gasteiger partial charge in [-0.05, 0) is 51.9 Å². The summed E-state index contributed by atoms with van der Waals surface area (Å²) in [5.74, 6) is -1.46. The number of esters is 1. The van der Waals surface area contributed by atoms with E-state index in [4.69, 9.17) is 4.74 Å². The number of ether oxygens (including phenoxy) is 1. The van der Waals surface area contributed by atoms with E-state index in [1.165, 1.54) is 19.5 Å². The summed E-state index contributed by atoms with van der Waals surface area (Å²) >= 11 is 0. The number of rotatable bonds is 19. The lowest BCUT2D eigenvalue weighted by Gasteiger charge is -2.16. The van der Waals surface area contributed by atoms with Gasteiger partial charge in [-0.2, -0.15) is 0 Å². The van der Waals surface area contributed by atoms with Crippen LogP contribution >= 0.6 is 0 Å². The third-order valence-electron chi connectivity index (χ3n) is 5.44. The Bertz CT molecular complexity index is 1050. The predicted molar refractivity (Wildman–Crippen MR) is 160 cm³/mol. The van der Waals surface area contributed by atoms with Crippen molar-refractivity contribution in [3.05, 3.63) is 96.7 Å². The van der Waals surface area contributed by atoms with E-state index in [9.17, 15) is 14.4 Å². The van der Waals surface area contributed by atoms with Crippen LogP contribution in [-0.4, -0.2) is 47.4 Å². The number of amides is 2. The van der Waals surface area contributed by atoms with Crippen LogP contribution in [0.2, 0.25) is 0 Å². The minimum Gasteiger partial charge on any atom is -0.467 e. The highest BCUT2D eigenvalue weighted by atomic mass is 16.5. The molecule has 1 heterocycles. The zero-order chi connectivity index (χ0) is 29.3. The van der Waals surface area contributed by atoms with Crippen LogP contribution < -0.4 is 10.6 Å². The van der Waals surface area contributed by atoms with Gasteiger partial charge in [0.25, 0.3) is 5.91 Å². The van der Waals surface area contributed by atoms with Crippen LogP contribution in [0.4, 0.5) is 0 Å². The summed E-state index contributed by atoms with van der Waals surface area (Å²) < 4.78 is 4.73. The molecule has 1 aromatic rings. The van der Waals surface area contributed by atoms with Crippen molar-refractivity contribution < 1.29 is 19.1 Å². The summed E-state index contributed by atoms with van der Waals surface area (Å²) in [5.41, 5.74) is 0.740. The highest BCUT2D eigenvalue weighted by Gasteiger charge is 2.23. The summed E-state index contributed by atoms with van der Waals surface area (Å²) in [6, 6.07) is -1.03. The Morgan fingerprint density at radius 2 is 1.32 bits per heavy atom. The Morgan fingerprint density at radius 3 is 1.80 bits per heavy atom. The van der Waals surface area contributed by atoms with Crippen molar-refractivity contribution in [1.82, 2.24) is 20.6 Å². The monoisotopic (exact) mass is 548 g/mol. The van der Waals surface area contributed by atoms with Crippen LogP contribution in [0.3, 0.4) is 0 Å². The van der Waals surface area contributed by atoms with E-state index in [1.807, 2.05) is 12.2 Å². The maximum atomic E-state index is 12.3. The van der Waals surface area contributed by atoms with Crippen LogP contribution in [0.1, 0.15) is 74.5 Å². The van der Waals surface area contributed by atoms with Gasteiger partial charge in [0.05, 0.1) is 19.0 Å². The zero-order valence-corrected chi connectivity index (χ0v) is 24.1. The van der Waals surface area contributed by atoms with Crippen molar-refractivity contribution in [3.8, 4) is 0 Å². The van der Waals surface area contributed by atoms with E-state index in [2.05, 4.69) is 88.3 Å². The molecule has 1 atom stereocenters. The second-order valence-corrected chi connectivity index (χ2v) is 8.85. The molecule has 0 fully saturated rings. The predicted octanol–water partition coefficient (Wildman–Crippen LogP) is 5.65. The van der Waals surface area contributed by atoms with Crippen LogP contribution in [0.25, 0.3) is 0 Å². The van der Waals surface area contributed by atoms with Gasteiger partial charge in [0, 0.05) is 19.2 Å². The number of hydrogen-bond acceptors (Lipinski definition) is 6. The highest BCUT2D eigenvalue weighted by Crippen LogP contribution is 1.99. The highest BCUT2D eigenvalue weighted by molar-refractivity contribution is 5.95. The molecule has 0 aliphatic rings. The van der Waals surface area contributed by atoms with Gasteiger partial charge >= 0.3 is 5.97 Å². The Morgan fingerprint density at radius 1 is 0.800 bits per heavy atom. The van der Waals surface area contributed by atoms with Crippen LogP contribution in [0.15, 0.2) is 85.3 Å². The molecule has 0 aliphatic carbocycles. The first-order valence-electron chi connectivity index (χ1n) is 13.8. The molecule has 0 spiro atoms. The lowest BCUT2D eigenvalue weighted by atomic mass is 10.2. The second kappa shape index (κ2) is 22.9. The van der Waals surface area contributed by atoms with E-state index in [1.54, 1.807) is 6.92 Å². The van der Waals surface area contributed by atoms with E-state index in [-0.39, 0.29) is 24.6 Å². The Kier molecular flexibility index (Phi) is 19.4. The lowest BCUT2D eigenvalue weighted by molar-refractivity contribution is -0.142. The first kappa shape index (κ1) is 34.0. The average molecular weight is 549 g/mol. The van der Waals surface area contributed by atoms with E-state index in [0.29, 0.717) is 12.1 Å². The smallest absolute Gasteiger partial charge is 0.330 e. The summed E-state index contributed by atoms with van der Waals surface area (Å²) in [5, 5.41) is 5.19. The van der Waals surface area contributed by atoms with Crippen molar-refractivity contribution in [2.75, 3.05) is 13.7 Å². The fourth-order valence-electron chi connectivity index (χ4n) is 3.24. The summed E-state index contributed by atoms with van der Waals surface area (Å²) in [6.45, 7) is 3.81. The molecule has 2 N–H and O–H groups in total. The molecule has 0 radical (unpaired) electrons. The fourth-order valence-corrected chi connectivity index (χ4v) is 3.24. The van der Waals surface area contributed by atoms with Gasteiger partial charge in [-0.15, -0.1) is 0 Å². The number of aryl methyl sites for hydroxylation is 1. The molecule has 2 amide bonds. The molecule has 8 nitrogen and oxygen atoms in total. The second-order valence-electron chi connectivity index (χ2n) is 8.85. The summed E-state index contributed by atoms with van der Waals surface area (Å²) in [7, 11) is 1.22. The zero-order valence-electron chi connectivity index (χ0n) is 24.1. The first-order valence-corrected chi connectivity index (χ1v) is 13.8. The molecule has 216 valence electrons. The van der Waals surface area contributed by atoms with Gasteiger partial charge in [0.15, 0.2) is 0 Å². The van der Waals surface area contributed by atoms with Crippen LogP contribution in [-0.2, 0) is 14.3 Å². The molecular weight excluding hydrogens is 504 g/mol. The molecule has 1 rings (SSSR count). The Balaban J connectivity index is 2.19. The topological polar surface area (TPSA) is 110 Å². The SMILES string of the molecule is CCC=CCC=CCC=CCC=CCC=CCC=CCCC(=O)NCC(NC(=O)c1cnc(C)cn1)C(=O)OC. The minimum absolute atomic E-state index is 0.0727. The van der Waals surface area contributed by atoms with Gasteiger partial charge in [-0.25, -0.2) is 9.78 Å². The van der Waals surface area contributed by atoms with Gasteiger partial charge in [0.1, 0.15) is 11.7 Å². The van der Waals surface area contributed by atoms with E-state index >= 15 is 0 Å². The number of carbonyl (C=O) groups excluding carboxylic acids is 3. The molecule has 1 unspecified atom stereocenters. The molecule has 8 heteroatoms. The Labute approximate surface area is 239 Å². The summed E-state index contributed by atoms with van der Waals surface area (Å²) in [6.07, 6.45) is 34.9. The lowest BCUT2D eigenvalue weighted by Crippen LogP contribution is -2.49. The number of hydrogen-bond donors (Lipinski definition) is 2. The third-order valence-corrected chi connectivity index (χ3v) is 5.44. The molecule has 1 aromatic heterocycles. The summed E-state index contributed by atoms with van der Waals surface area (Å²) in [4.78, 5) is 44.5. The van der Waals surface area contributed by atoms with Gasteiger partial charge in [-0.3, -0.25) is 14.6 Å². The van der Waals surface area contributed by atoms with Crippen molar-refractivity contribution in [1.29, 1.82) is 0 Å². The minimum atomic E-state index is -1.03. The number of nitrogens with zero attached hydrogens (tertiary/aromatic N) is 2. The van der Waals surface area contributed by atoms with Crippen LogP contribution in [0.5, 0.6) is 0 Å². The van der Waals surface area contributed by atoms with Crippen molar-refractivity contribution in [3.63, 3.8) is 0 Å². The quantitative estimate of drug-likeness (QED) is 0.171. The van der Waals surface area contributed by atoms with Gasteiger partial charge in [0.2, 0.25) is 5.91 Å². The third kappa shape index (κ3) is 17.4. The number of carbonyl (C=O) groups is 3. The van der Waals surface area contributed by atoms with E-state index < -0.39 is 17.9 Å². The van der Waals surface area contributed by atoms with Crippen molar-refractivity contribution in [2.24, 2.45) is 0 Å². The maximum absolute atomic E-state index is 12.3. The average Bonchev–Trinajstić information content (AvgIpc) is 2.96. The first-order chi connectivity index (χ1) is 19.5. The molecular formula is C32H44N4O4. The fraction of sp³-hybridized carbons (Fsp3) is 0.406. The van der Waals surface area contributed by atoms with Gasteiger partial charge in [-0.1, -0.05) is 79.8 Å². The number of aromatic nitrogens is 2. The molecule has 0 bridgehead atoms. The van der Waals surface area contributed by atoms with E-state index in [0.717, 1.165) is 38.5 Å². The normalized spacial score (nSPS) is 12.9. The number of methoxy groups -OCH3 is 1. The van der Waals surface area contributed by atoms with Crippen LogP contribution in [0, 0.1) is 6.92 Å². The maximum Gasteiger partial charge on any atom is 0.330 e. The number of allylic oxidation sites excluding steroid dienone is 12. The molecule has 0 aliphatic heterocycles. The largest absolute Gasteiger partial charge is 0.467 e. The Hall–Kier alpha value is -4.07. The van der Waals surface area contributed by atoms with Crippen molar-refractivity contribution >= 4 is 17.8 Å². The number of nitrogens with one attached hydrogen (secondary N) is 2.